The SMILES string of the molecule is Cc1cc(C)c2c(-c3ccccc3)nc(SC(C)C(=O)Nc3c(C)nn(C)c3C)n2n1. The number of imidazole rings is 1. The largest absolute Gasteiger partial charge is 0.322 e. The molecule has 0 radical (unpaired) electrons. The minimum absolute atomic E-state index is 0.0911. The van der Waals surface area contributed by atoms with Crippen molar-refractivity contribution in [3.63, 3.8) is 0 Å². The number of aromatic nitrogens is 5. The van der Waals surface area contributed by atoms with Gasteiger partial charge in [0.2, 0.25) is 5.91 Å². The lowest BCUT2D eigenvalue weighted by molar-refractivity contribution is -0.115. The smallest absolute Gasteiger partial charge is 0.237 e. The van der Waals surface area contributed by atoms with E-state index in [1.54, 1.807) is 4.68 Å². The molecule has 1 unspecified atom stereocenters. The maximum absolute atomic E-state index is 13.0. The van der Waals surface area contributed by atoms with Crippen LogP contribution in [0, 0.1) is 27.7 Å². The number of amides is 1. The molecular formula is C23H26N6OS. The summed E-state index contributed by atoms with van der Waals surface area (Å²) >= 11 is 1.40. The number of fused-ring (bicyclic) bond motifs is 1. The van der Waals surface area contributed by atoms with Crippen LogP contribution < -0.4 is 5.32 Å². The number of carbonyl (C=O) groups is 1. The summed E-state index contributed by atoms with van der Waals surface area (Å²) < 4.78 is 3.63. The monoisotopic (exact) mass is 434 g/mol. The Bertz CT molecular complexity index is 1270. The average Bonchev–Trinajstić information content (AvgIpc) is 3.20. The van der Waals surface area contributed by atoms with Crippen molar-refractivity contribution in [2.24, 2.45) is 7.05 Å². The number of thioether (sulfide) groups is 1. The summed E-state index contributed by atoms with van der Waals surface area (Å²) in [5.74, 6) is -0.0911. The number of aryl methyl sites for hydroxylation is 4. The number of anilines is 1. The van der Waals surface area contributed by atoms with Gasteiger partial charge < -0.3 is 5.32 Å². The summed E-state index contributed by atoms with van der Waals surface area (Å²) in [4.78, 5) is 17.8. The van der Waals surface area contributed by atoms with Crippen LogP contribution >= 0.6 is 11.8 Å². The zero-order valence-electron chi connectivity index (χ0n) is 18.6. The molecule has 0 aliphatic carbocycles. The van der Waals surface area contributed by atoms with Crippen molar-refractivity contribution < 1.29 is 4.79 Å². The first-order chi connectivity index (χ1) is 14.8. The molecule has 7 nitrogen and oxygen atoms in total. The van der Waals surface area contributed by atoms with E-state index in [4.69, 9.17) is 10.1 Å². The molecule has 3 aromatic heterocycles. The van der Waals surface area contributed by atoms with Crippen molar-refractivity contribution in [1.29, 1.82) is 0 Å². The van der Waals surface area contributed by atoms with Crippen LogP contribution in [0.5, 0.6) is 0 Å². The second-order valence-corrected chi connectivity index (χ2v) is 9.06. The molecule has 1 amide bonds. The Hall–Kier alpha value is -3.13. The van der Waals surface area contributed by atoms with Gasteiger partial charge in [-0.1, -0.05) is 42.1 Å². The lowest BCUT2D eigenvalue weighted by atomic mass is 10.1. The van der Waals surface area contributed by atoms with Crippen molar-refractivity contribution >= 4 is 28.9 Å². The van der Waals surface area contributed by atoms with E-state index < -0.39 is 0 Å². The molecule has 0 fully saturated rings. The summed E-state index contributed by atoms with van der Waals surface area (Å²) in [7, 11) is 1.87. The quantitative estimate of drug-likeness (QED) is 0.469. The number of hydrogen-bond donors (Lipinski definition) is 1. The molecule has 3 heterocycles. The molecule has 31 heavy (non-hydrogen) atoms. The number of hydrogen-bond acceptors (Lipinski definition) is 5. The maximum atomic E-state index is 13.0. The van der Waals surface area contributed by atoms with Crippen LogP contribution in [0.15, 0.2) is 41.6 Å². The highest BCUT2D eigenvalue weighted by molar-refractivity contribution is 8.00. The Balaban J connectivity index is 1.69. The van der Waals surface area contributed by atoms with E-state index in [1.807, 2.05) is 69.6 Å². The molecule has 1 aromatic carbocycles. The Morgan fingerprint density at radius 3 is 2.45 bits per heavy atom. The van der Waals surface area contributed by atoms with Gasteiger partial charge in [-0.15, -0.1) is 0 Å². The molecule has 0 saturated heterocycles. The van der Waals surface area contributed by atoms with E-state index in [-0.39, 0.29) is 11.2 Å². The fourth-order valence-corrected chi connectivity index (χ4v) is 4.53. The number of nitrogens with zero attached hydrogens (tertiary/aromatic N) is 5. The van der Waals surface area contributed by atoms with E-state index in [9.17, 15) is 4.79 Å². The zero-order chi connectivity index (χ0) is 22.3. The Morgan fingerprint density at radius 2 is 1.81 bits per heavy atom. The highest BCUT2D eigenvalue weighted by Gasteiger charge is 2.23. The van der Waals surface area contributed by atoms with Gasteiger partial charge in [-0.25, -0.2) is 9.50 Å². The van der Waals surface area contributed by atoms with E-state index in [1.165, 1.54) is 11.8 Å². The summed E-state index contributed by atoms with van der Waals surface area (Å²) in [6.07, 6.45) is 0. The standard InChI is InChI=1S/C23H26N6OS/c1-13-12-14(2)26-29-21(13)20(18-10-8-7-9-11-18)25-23(29)31-17(5)22(30)24-19-15(3)27-28(6)16(19)4/h7-12,17H,1-6H3,(H,24,30). The van der Waals surface area contributed by atoms with Crippen molar-refractivity contribution in [3.05, 3.63) is 59.0 Å². The molecule has 0 aliphatic heterocycles. The number of benzene rings is 1. The summed E-state index contributed by atoms with van der Waals surface area (Å²) in [6.45, 7) is 9.75. The average molecular weight is 435 g/mol. The minimum atomic E-state index is -0.365. The maximum Gasteiger partial charge on any atom is 0.237 e. The van der Waals surface area contributed by atoms with E-state index in [0.717, 1.165) is 45.1 Å². The third kappa shape index (κ3) is 3.95. The molecule has 1 N–H and O–H groups in total. The van der Waals surface area contributed by atoms with Gasteiger partial charge in [0.15, 0.2) is 5.16 Å². The number of carbonyl (C=O) groups excluding carboxylic acids is 1. The van der Waals surface area contributed by atoms with Gasteiger partial charge in [0.1, 0.15) is 0 Å². The molecule has 160 valence electrons. The van der Waals surface area contributed by atoms with Crippen molar-refractivity contribution in [1.82, 2.24) is 24.4 Å². The third-order valence-corrected chi connectivity index (χ3v) is 6.38. The first-order valence-corrected chi connectivity index (χ1v) is 11.0. The lowest BCUT2D eigenvalue weighted by Gasteiger charge is -2.11. The molecule has 4 aromatic rings. The molecule has 4 rings (SSSR count). The third-order valence-electron chi connectivity index (χ3n) is 5.34. The predicted molar refractivity (Wildman–Crippen MR) is 125 cm³/mol. The second kappa shape index (κ2) is 8.19. The van der Waals surface area contributed by atoms with Crippen LogP contribution in [0.3, 0.4) is 0 Å². The van der Waals surface area contributed by atoms with Crippen LogP contribution in [0.1, 0.15) is 29.6 Å². The zero-order valence-corrected chi connectivity index (χ0v) is 19.4. The molecule has 0 aliphatic rings. The Labute approximate surface area is 185 Å². The lowest BCUT2D eigenvalue weighted by Crippen LogP contribution is -2.23. The van der Waals surface area contributed by atoms with Gasteiger partial charge in [0.05, 0.1) is 39.2 Å². The van der Waals surface area contributed by atoms with E-state index >= 15 is 0 Å². The van der Waals surface area contributed by atoms with Crippen molar-refractivity contribution in [2.75, 3.05) is 5.32 Å². The van der Waals surface area contributed by atoms with Crippen LogP contribution in [0.4, 0.5) is 5.69 Å². The molecule has 0 saturated carbocycles. The molecule has 1 atom stereocenters. The van der Waals surface area contributed by atoms with Crippen molar-refractivity contribution in [3.8, 4) is 11.3 Å². The summed E-state index contributed by atoms with van der Waals surface area (Å²) in [5, 5.41) is 12.4. The topological polar surface area (TPSA) is 77.1 Å². The first-order valence-electron chi connectivity index (χ1n) is 10.2. The normalized spacial score (nSPS) is 12.3. The molecular weight excluding hydrogens is 408 g/mol. The summed E-state index contributed by atoms with van der Waals surface area (Å²) in [5.41, 5.74) is 7.37. The Kier molecular flexibility index (Phi) is 5.58. The molecule has 8 heteroatoms. The number of rotatable bonds is 5. The van der Waals surface area contributed by atoms with Crippen LogP contribution in [-0.4, -0.2) is 35.5 Å². The molecule has 0 bridgehead atoms. The second-order valence-electron chi connectivity index (χ2n) is 7.76. The fraction of sp³-hybridized carbons (Fsp3) is 0.304. The van der Waals surface area contributed by atoms with Gasteiger partial charge in [-0.2, -0.15) is 10.2 Å². The summed E-state index contributed by atoms with van der Waals surface area (Å²) in [6, 6.07) is 12.1. The van der Waals surface area contributed by atoms with Gasteiger partial charge in [0.25, 0.3) is 0 Å². The fourth-order valence-electron chi connectivity index (χ4n) is 3.67. The van der Waals surface area contributed by atoms with Gasteiger partial charge >= 0.3 is 0 Å². The van der Waals surface area contributed by atoms with Gasteiger partial charge in [-0.3, -0.25) is 9.48 Å². The Morgan fingerprint density at radius 1 is 1.10 bits per heavy atom. The van der Waals surface area contributed by atoms with Crippen molar-refractivity contribution in [2.45, 2.75) is 45.0 Å². The van der Waals surface area contributed by atoms with Gasteiger partial charge in [-0.05, 0) is 46.2 Å². The van der Waals surface area contributed by atoms with Crippen LogP contribution in [0.2, 0.25) is 0 Å². The van der Waals surface area contributed by atoms with Gasteiger partial charge in [0, 0.05) is 12.6 Å². The number of nitrogens with one attached hydrogen (secondary N) is 1. The minimum Gasteiger partial charge on any atom is -0.322 e. The van der Waals surface area contributed by atoms with E-state index in [0.29, 0.717) is 5.16 Å². The van der Waals surface area contributed by atoms with Crippen LogP contribution in [0.25, 0.3) is 16.8 Å². The molecule has 0 spiro atoms. The van der Waals surface area contributed by atoms with E-state index in [2.05, 4.69) is 23.4 Å². The highest BCUT2D eigenvalue weighted by atomic mass is 32.2. The highest BCUT2D eigenvalue weighted by Crippen LogP contribution is 2.33. The predicted octanol–water partition coefficient (Wildman–Crippen LogP) is 4.48. The first kappa shape index (κ1) is 21.1. The van der Waals surface area contributed by atoms with Crippen LogP contribution in [-0.2, 0) is 11.8 Å².